The van der Waals surface area contributed by atoms with Crippen LogP contribution < -0.4 is 5.73 Å². The maximum atomic E-state index is 12.7. The van der Waals surface area contributed by atoms with Gasteiger partial charge in [0.25, 0.3) is 0 Å². The van der Waals surface area contributed by atoms with Crippen molar-refractivity contribution in [3.8, 4) is 0 Å². The SMILES string of the molecule is Cc1ccsc1C(N)c1ccc(F)cn1. The molecule has 0 aliphatic rings. The Hall–Kier alpha value is -1.26. The minimum absolute atomic E-state index is 0.259. The average molecular weight is 222 g/mol. The van der Waals surface area contributed by atoms with Gasteiger partial charge in [-0.1, -0.05) is 0 Å². The van der Waals surface area contributed by atoms with E-state index in [9.17, 15) is 4.39 Å². The highest BCUT2D eigenvalue weighted by atomic mass is 32.1. The van der Waals surface area contributed by atoms with Crippen LogP contribution >= 0.6 is 11.3 Å². The molecule has 4 heteroatoms. The van der Waals surface area contributed by atoms with E-state index in [4.69, 9.17) is 5.73 Å². The van der Waals surface area contributed by atoms with Gasteiger partial charge in [-0.05, 0) is 36.1 Å². The summed E-state index contributed by atoms with van der Waals surface area (Å²) in [6.45, 7) is 2.01. The summed E-state index contributed by atoms with van der Waals surface area (Å²) < 4.78 is 12.7. The molecule has 0 bridgehead atoms. The molecule has 1 unspecified atom stereocenters. The number of aromatic nitrogens is 1. The molecule has 15 heavy (non-hydrogen) atoms. The molecule has 0 saturated heterocycles. The Balaban J connectivity index is 2.32. The third kappa shape index (κ3) is 2.06. The second-order valence-corrected chi connectivity index (χ2v) is 4.29. The highest BCUT2D eigenvalue weighted by Crippen LogP contribution is 2.26. The summed E-state index contributed by atoms with van der Waals surface area (Å²) in [5, 5.41) is 1.99. The lowest BCUT2D eigenvalue weighted by molar-refractivity contribution is 0.617. The molecule has 2 N–H and O–H groups in total. The highest BCUT2D eigenvalue weighted by Gasteiger charge is 2.13. The van der Waals surface area contributed by atoms with E-state index in [0.717, 1.165) is 10.4 Å². The molecule has 1 atom stereocenters. The molecule has 0 amide bonds. The van der Waals surface area contributed by atoms with E-state index in [2.05, 4.69) is 4.98 Å². The van der Waals surface area contributed by atoms with Crippen molar-refractivity contribution in [2.75, 3.05) is 0 Å². The van der Waals surface area contributed by atoms with Crippen LogP contribution in [0, 0.1) is 12.7 Å². The van der Waals surface area contributed by atoms with Crippen LogP contribution in [0.1, 0.15) is 22.2 Å². The standard InChI is InChI=1S/C11H11FN2S/c1-7-4-5-15-11(7)10(13)9-3-2-8(12)6-14-9/h2-6,10H,13H2,1H3. The van der Waals surface area contributed by atoms with Gasteiger partial charge < -0.3 is 5.73 Å². The van der Waals surface area contributed by atoms with Gasteiger partial charge in [0.1, 0.15) is 5.82 Å². The van der Waals surface area contributed by atoms with Crippen LogP contribution in [0.25, 0.3) is 0 Å². The smallest absolute Gasteiger partial charge is 0.141 e. The van der Waals surface area contributed by atoms with E-state index in [1.165, 1.54) is 12.3 Å². The predicted molar refractivity (Wildman–Crippen MR) is 59.3 cm³/mol. The molecule has 0 saturated carbocycles. The van der Waals surface area contributed by atoms with Crippen molar-refractivity contribution in [3.05, 3.63) is 51.7 Å². The lowest BCUT2D eigenvalue weighted by atomic mass is 10.1. The third-order valence-electron chi connectivity index (χ3n) is 2.25. The zero-order valence-electron chi connectivity index (χ0n) is 8.27. The molecule has 78 valence electrons. The number of hydrogen-bond acceptors (Lipinski definition) is 3. The van der Waals surface area contributed by atoms with Gasteiger partial charge in [-0.3, -0.25) is 4.98 Å². The van der Waals surface area contributed by atoms with Gasteiger partial charge in [0.15, 0.2) is 0 Å². The molecule has 0 aromatic carbocycles. The van der Waals surface area contributed by atoms with Gasteiger partial charge in [0.05, 0.1) is 17.9 Å². The Morgan fingerprint density at radius 2 is 2.20 bits per heavy atom. The van der Waals surface area contributed by atoms with E-state index < -0.39 is 0 Å². The maximum absolute atomic E-state index is 12.7. The van der Waals surface area contributed by atoms with Crippen LogP contribution in [0.3, 0.4) is 0 Å². The normalized spacial score (nSPS) is 12.7. The van der Waals surface area contributed by atoms with Gasteiger partial charge in [0, 0.05) is 4.88 Å². The van der Waals surface area contributed by atoms with Gasteiger partial charge in [-0.2, -0.15) is 0 Å². The van der Waals surface area contributed by atoms with E-state index in [0.29, 0.717) is 5.69 Å². The zero-order valence-corrected chi connectivity index (χ0v) is 9.09. The average Bonchev–Trinajstić information content (AvgIpc) is 2.65. The molecule has 2 heterocycles. The number of hydrogen-bond donors (Lipinski definition) is 1. The number of nitrogens with two attached hydrogens (primary N) is 1. The third-order valence-corrected chi connectivity index (χ3v) is 3.36. The Morgan fingerprint density at radius 1 is 1.40 bits per heavy atom. The summed E-state index contributed by atoms with van der Waals surface area (Å²) in [6.07, 6.45) is 1.19. The second-order valence-electron chi connectivity index (χ2n) is 3.35. The number of pyridine rings is 1. The maximum Gasteiger partial charge on any atom is 0.141 e. The highest BCUT2D eigenvalue weighted by molar-refractivity contribution is 7.10. The number of thiophene rings is 1. The summed E-state index contributed by atoms with van der Waals surface area (Å²) in [7, 11) is 0. The topological polar surface area (TPSA) is 38.9 Å². The largest absolute Gasteiger partial charge is 0.318 e. The summed E-state index contributed by atoms with van der Waals surface area (Å²) in [5.41, 5.74) is 7.88. The van der Waals surface area contributed by atoms with Crippen molar-refractivity contribution < 1.29 is 4.39 Å². The fraction of sp³-hybridized carbons (Fsp3) is 0.182. The van der Waals surface area contributed by atoms with Crippen molar-refractivity contribution in [2.45, 2.75) is 13.0 Å². The molecule has 2 aromatic heterocycles. The van der Waals surface area contributed by atoms with Gasteiger partial charge >= 0.3 is 0 Å². The van der Waals surface area contributed by atoms with Crippen molar-refractivity contribution in [2.24, 2.45) is 5.73 Å². The summed E-state index contributed by atoms with van der Waals surface area (Å²) >= 11 is 1.60. The molecular formula is C11H11FN2S. The number of halogens is 1. The number of nitrogens with zero attached hydrogens (tertiary/aromatic N) is 1. The summed E-state index contributed by atoms with van der Waals surface area (Å²) in [6, 6.07) is 4.76. The molecule has 0 fully saturated rings. The Labute approximate surface area is 91.6 Å². The van der Waals surface area contributed by atoms with Gasteiger partial charge in [-0.15, -0.1) is 11.3 Å². The Bertz CT molecular complexity index is 450. The molecule has 0 aliphatic heterocycles. The molecule has 2 rings (SSSR count). The number of rotatable bonds is 2. The first kappa shape index (κ1) is 10.3. The lowest BCUT2D eigenvalue weighted by Gasteiger charge is -2.10. The molecule has 0 radical (unpaired) electrons. The first-order valence-corrected chi connectivity index (χ1v) is 5.47. The predicted octanol–water partition coefficient (Wildman–Crippen LogP) is 2.64. The van der Waals surface area contributed by atoms with Crippen LogP contribution in [0.4, 0.5) is 4.39 Å². The Kier molecular flexibility index (Phi) is 2.79. The zero-order chi connectivity index (χ0) is 10.8. The van der Waals surface area contributed by atoms with Crippen molar-refractivity contribution in [3.63, 3.8) is 0 Å². The second kappa shape index (κ2) is 4.08. The van der Waals surface area contributed by atoms with Crippen LogP contribution in [-0.4, -0.2) is 4.98 Å². The molecule has 2 nitrogen and oxygen atoms in total. The fourth-order valence-corrected chi connectivity index (χ4v) is 2.35. The molecule has 0 spiro atoms. The quantitative estimate of drug-likeness (QED) is 0.848. The van der Waals surface area contributed by atoms with Crippen LogP contribution in [0.2, 0.25) is 0 Å². The van der Waals surface area contributed by atoms with Crippen molar-refractivity contribution >= 4 is 11.3 Å². The molecular weight excluding hydrogens is 211 g/mol. The minimum Gasteiger partial charge on any atom is -0.318 e. The lowest BCUT2D eigenvalue weighted by Crippen LogP contribution is -2.12. The van der Waals surface area contributed by atoms with E-state index >= 15 is 0 Å². The molecule has 0 aliphatic carbocycles. The first-order chi connectivity index (χ1) is 7.18. The molecule has 2 aromatic rings. The van der Waals surface area contributed by atoms with Crippen LogP contribution in [0.15, 0.2) is 29.8 Å². The number of aryl methyl sites for hydroxylation is 1. The summed E-state index contributed by atoms with van der Waals surface area (Å²) in [4.78, 5) is 5.06. The van der Waals surface area contributed by atoms with Crippen LogP contribution in [0.5, 0.6) is 0 Å². The summed E-state index contributed by atoms with van der Waals surface area (Å²) in [5.74, 6) is -0.339. The first-order valence-electron chi connectivity index (χ1n) is 4.59. The van der Waals surface area contributed by atoms with Gasteiger partial charge in [0.2, 0.25) is 0 Å². The van der Waals surface area contributed by atoms with E-state index in [1.54, 1.807) is 17.4 Å². The van der Waals surface area contributed by atoms with Crippen LogP contribution in [-0.2, 0) is 0 Å². The Morgan fingerprint density at radius 3 is 2.73 bits per heavy atom. The van der Waals surface area contributed by atoms with Crippen molar-refractivity contribution in [1.29, 1.82) is 0 Å². The monoisotopic (exact) mass is 222 g/mol. The van der Waals surface area contributed by atoms with Gasteiger partial charge in [-0.25, -0.2) is 4.39 Å². The minimum atomic E-state index is -0.339. The van der Waals surface area contributed by atoms with Crippen molar-refractivity contribution in [1.82, 2.24) is 4.98 Å². The fourth-order valence-electron chi connectivity index (χ4n) is 1.41. The van der Waals surface area contributed by atoms with E-state index in [-0.39, 0.29) is 11.9 Å². The van der Waals surface area contributed by atoms with E-state index in [1.807, 2.05) is 18.4 Å².